The second kappa shape index (κ2) is 7.70. The highest BCUT2D eigenvalue weighted by atomic mass is 16.5. The first kappa shape index (κ1) is 17.5. The van der Waals surface area contributed by atoms with Gasteiger partial charge in [0.2, 0.25) is 0 Å². The number of carboxylic acid groups (broad SMARTS) is 1. The lowest BCUT2D eigenvalue weighted by Crippen LogP contribution is -2.61. The van der Waals surface area contributed by atoms with E-state index in [-0.39, 0.29) is 18.1 Å². The zero-order valence-corrected chi connectivity index (χ0v) is 14.2. The summed E-state index contributed by atoms with van der Waals surface area (Å²) in [5.41, 5.74) is -0.670. The molecule has 1 amide bonds. The Kier molecular flexibility index (Phi) is 5.61. The predicted molar refractivity (Wildman–Crippen MR) is 86.9 cm³/mol. The highest BCUT2D eigenvalue weighted by molar-refractivity contribution is 5.81. The SMILES string of the molecule is O=C(O)N1CCC(NC2(C(=O)OC3CCCC3)CCOCC2)CC1. The molecular formula is C17H28N2O5. The van der Waals surface area contributed by atoms with E-state index in [2.05, 4.69) is 5.32 Å². The number of carbonyl (C=O) groups excluding carboxylic acids is 1. The molecule has 136 valence electrons. The van der Waals surface area contributed by atoms with Crippen molar-refractivity contribution in [2.24, 2.45) is 0 Å². The number of likely N-dealkylation sites (tertiary alicyclic amines) is 1. The van der Waals surface area contributed by atoms with Crippen LogP contribution in [0.2, 0.25) is 0 Å². The van der Waals surface area contributed by atoms with Crippen LogP contribution in [0.1, 0.15) is 51.4 Å². The van der Waals surface area contributed by atoms with Gasteiger partial charge in [0.25, 0.3) is 0 Å². The van der Waals surface area contributed by atoms with E-state index in [4.69, 9.17) is 14.6 Å². The van der Waals surface area contributed by atoms with E-state index < -0.39 is 11.6 Å². The molecule has 2 aliphatic heterocycles. The van der Waals surface area contributed by atoms with Crippen LogP contribution < -0.4 is 5.32 Å². The van der Waals surface area contributed by atoms with Gasteiger partial charge in [-0.25, -0.2) is 4.79 Å². The Labute approximate surface area is 142 Å². The molecule has 2 heterocycles. The number of hydrogen-bond donors (Lipinski definition) is 2. The molecule has 0 bridgehead atoms. The summed E-state index contributed by atoms with van der Waals surface area (Å²) in [7, 11) is 0. The molecule has 0 spiro atoms. The fourth-order valence-corrected chi connectivity index (χ4v) is 4.00. The number of rotatable bonds is 4. The van der Waals surface area contributed by atoms with Crippen molar-refractivity contribution in [2.45, 2.75) is 69.1 Å². The number of amides is 1. The Morgan fingerprint density at radius 3 is 2.29 bits per heavy atom. The highest BCUT2D eigenvalue weighted by Gasteiger charge is 2.44. The van der Waals surface area contributed by atoms with E-state index in [1.807, 2.05) is 0 Å². The van der Waals surface area contributed by atoms with Crippen LogP contribution in [-0.4, -0.2) is 66.1 Å². The van der Waals surface area contributed by atoms with Crippen LogP contribution in [0.15, 0.2) is 0 Å². The van der Waals surface area contributed by atoms with E-state index in [0.29, 0.717) is 39.1 Å². The molecule has 2 saturated heterocycles. The summed E-state index contributed by atoms with van der Waals surface area (Å²) in [6.07, 6.45) is 6.10. The quantitative estimate of drug-likeness (QED) is 0.758. The molecule has 0 unspecified atom stereocenters. The number of esters is 1. The van der Waals surface area contributed by atoms with Crippen LogP contribution in [0.5, 0.6) is 0 Å². The third-order valence-electron chi connectivity index (χ3n) is 5.56. The number of hydrogen-bond acceptors (Lipinski definition) is 5. The van der Waals surface area contributed by atoms with Crippen LogP contribution in [-0.2, 0) is 14.3 Å². The zero-order chi connectivity index (χ0) is 17.0. The Bertz CT molecular complexity index is 450. The molecule has 3 fully saturated rings. The van der Waals surface area contributed by atoms with Crippen LogP contribution in [0.25, 0.3) is 0 Å². The first-order valence-corrected chi connectivity index (χ1v) is 9.13. The van der Waals surface area contributed by atoms with Crippen molar-refractivity contribution in [2.75, 3.05) is 26.3 Å². The minimum Gasteiger partial charge on any atom is -0.465 e. The number of carbonyl (C=O) groups is 2. The molecule has 3 rings (SSSR count). The standard InChI is InChI=1S/C17H28N2O5/c20-15(24-14-3-1-2-4-14)17(7-11-23-12-8-17)18-13-5-9-19(10-6-13)16(21)22/h13-14,18H,1-12H2,(H,21,22). The molecule has 2 N–H and O–H groups in total. The van der Waals surface area contributed by atoms with Crippen LogP contribution in [0, 0.1) is 0 Å². The number of nitrogens with one attached hydrogen (secondary N) is 1. The van der Waals surface area contributed by atoms with Gasteiger partial charge in [-0.3, -0.25) is 10.1 Å². The highest BCUT2D eigenvalue weighted by Crippen LogP contribution is 2.29. The van der Waals surface area contributed by atoms with Crippen molar-refractivity contribution in [3.63, 3.8) is 0 Å². The fourth-order valence-electron chi connectivity index (χ4n) is 4.00. The van der Waals surface area contributed by atoms with E-state index >= 15 is 0 Å². The van der Waals surface area contributed by atoms with E-state index in [1.165, 1.54) is 4.90 Å². The molecule has 24 heavy (non-hydrogen) atoms. The lowest BCUT2D eigenvalue weighted by atomic mass is 9.87. The Morgan fingerprint density at radius 2 is 1.71 bits per heavy atom. The summed E-state index contributed by atoms with van der Waals surface area (Å²) in [5.74, 6) is -0.140. The number of nitrogens with zero attached hydrogens (tertiary/aromatic N) is 1. The maximum absolute atomic E-state index is 12.9. The van der Waals surface area contributed by atoms with Crippen molar-refractivity contribution in [3.05, 3.63) is 0 Å². The van der Waals surface area contributed by atoms with E-state index in [9.17, 15) is 9.59 Å². The number of piperidine rings is 1. The van der Waals surface area contributed by atoms with E-state index in [0.717, 1.165) is 38.5 Å². The maximum atomic E-state index is 12.9. The topological polar surface area (TPSA) is 88.1 Å². The zero-order valence-electron chi connectivity index (χ0n) is 14.2. The summed E-state index contributed by atoms with van der Waals surface area (Å²) in [6.45, 7) is 2.13. The summed E-state index contributed by atoms with van der Waals surface area (Å²) >= 11 is 0. The fraction of sp³-hybridized carbons (Fsp3) is 0.882. The van der Waals surface area contributed by atoms with Gasteiger partial charge < -0.3 is 19.5 Å². The Balaban J connectivity index is 1.60. The second-order valence-electron chi connectivity index (χ2n) is 7.19. The molecule has 0 atom stereocenters. The molecule has 0 aromatic carbocycles. The molecule has 1 aliphatic carbocycles. The van der Waals surface area contributed by atoms with Gasteiger partial charge in [0.15, 0.2) is 0 Å². The molecule has 0 aromatic heterocycles. The third kappa shape index (κ3) is 4.00. The maximum Gasteiger partial charge on any atom is 0.407 e. The summed E-state index contributed by atoms with van der Waals surface area (Å²) in [6, 6.07) is 0.148. The molecular weight excluding hydrogens is 312 g/mol. The second-order valence-corrected chi connectivity index (χ2v) is 7.19. The molecule has 1 saturated carbocycles. The van der Waals surface area contributed by atoms with Crippen LogP contribution >= 0.6 is 0 Å². The monoisotopic (exact) mass is 340 g/mol. The van der Waals surface area contributed by atoms with Gasteiger partial charge in [-0.15, -0.1) is 0 Å². The lowest BCUT2D eigenvalue weighted by molar-refractivity contribution is -0.162. The largest absolute Gasteiger partial charge is 0.465 e. The van der Waals surface area contributed by atoms with Gasteiger partial charge in [-0.05, 0) is 51.4 Å². The molecule has 7 heteroatoms. The lowest BCUT2D eigenvalue weighted by Gasteiger charge is -2.41. The summed E-state index contributed by atoms with van der Waals surface area (Å²) in [5, 5.41) is 12.6. The van der Waals surface area contributed by atoms with Crippen molar-refractivity contribution >= 4 is 12.1 Å². The van der Waals surface area contributed by atoms with Gasteiger partial charge in [0.1, 0.15) is 11.6 Å². The number of ether oxygens (including phenoxy) is 2. The first-order valence-electron chi connectivity index (χ1n) is 9.13. The first-order chi connectivity index (χ1) is 11.6. The summed E-state index contributed by atoms with van der Waals surface area (Å²) < 4.78 is 11.2. The van der Waals surface area contributed by atoms with Crippen molar-refractivity contribution in [3.8, 4) is 0 Å². The average Bonchev–Trinajstić information content (AvgIpc) is 3.09. The Hall–Kier alpha value is -1.34. The van der Waals surface area contributed by atoms with Gasteiger partial charge in [0.05, 0.1) is 0 Å². The van der Waals surface area contributed by atoms with Crippen molar-refractivity contribution in [1.29, 1.82) is 0 Å². The predicted octanol–water partition coefficient (Wildman–Crippen LogP) is 1.75. The molecule has 3 aliphatic rings. The van der Waals surface area contributed by atoms with Crippen LogP contribution in [0.3, 0.4) is 0 Å². The van der Waals surface area contributed by atoms with Crippen molar-refractivity contribution < 1.29 is 24.2 Å². The van der Waals surface area contributed by atoms with Gasteiger partial charge in [-0.2, -0.15) is 0 Å². The third-order valence-corrected chi connectivity index (χ3v) is 5.56. The smallest absolute Gasteiger partial charge is 0.407 e. The molecule has 7 nitrogen and oxygen atoms in total. The summed E-state index contributed by atoms with van der Waals surface area (Å²) in [4.78, 5) is 25.3. The van der Waals surface area contributed by atoms with Crippen LogP contribution in [0.4, 0.5) is 4.79 Å². The van der Waals surface area contributed by atoms with Gasteiger partial charge in [0, 0.05) is 32.3 Å². The van der Waals surface area contributed by atoms with Crippen molar-refractivity contribution in [1.82, 2.24) is 10.2 Å². The average molecular weight is 340 g/mol. The molecule has 0 aromatic rings. The minimum absolute atomic E-state index is 0.0628. The molecule has 0 radical (unpaired) electrons. The van der Waals surface area contributed by atoms with E-state index in [1.54, 1.807) is 0 Å². The van der Waals surface area contributed by atoms with Gasteiger partial charge in [-0.1, -0.05) is 0 Å². The Morgan fingerprint density at radius 1 is 1.08 bits per heavy atom. The normalized spacial score (nSPS) is 25.6. The van der Waals surface area contributed by atoms with Gasteiger partial charge >= 0.3 is 12.1 Å². The minimum atomic E-state index is -0.866.